The van der Waals surface area contributed by atoms with Crippen LogP contribution in [0.3, 0.4) is 0 Å². The molecule has 3 nitrogen and oxygen atoms in total. The molecule has 110 valence electrons. The summed E-state index contributed by atoms with van der Waals surface area (Å²) in [5, 5.41) is 13.1. The molecule has 0 radical (unpaired) electrons. The van der Waals surface area contributed by atoms with Crippen LogP contribution in [0.15, 0.2) is 53.4 Å². The van der Waals surface area contributed by atoms with E-state index in [0.717, 1.165) is 4.90 Å². The van der Waals surface area contributed by atoms with Crippen LogP contribution in [0.25, 0.3) is 0 Å². The quantitative estimate of drug-likeness (QED) is 0.814. The van der Waals surface area contributed by atoms with Crippen molar-refractivity contribution in [3.05, 3.63) is 59.1 Å². The van der Waals surface area contributed by atoms with Crippen LogP contribution in [-0.4, -0.2) is 16.8 Å². The van der Waals surface area contributed by atoms with Crippen molar-refractivity contribution in [3.8, 4) is 0 Å². The van der Waals surface area contributed by atoms with Gasteiger partial charge in [0, 0.05) is 16.1 Å². The summed E-state index contributed by atoms with van der Waals surface area (Å²) >= 11 is 7.43. The molecule has 2 aromatic rings. The van der Waals surface area contributed by atoms with E-state index in [1.807, 2.05) is 30.3 Å². The minimum atomic E-state index is -0.627. The predicted molar refractivity (Wildman–Crippen MR) is 87.9 cm³/mol. The SMILES string of the molecule is CC(O)c1ccccc1NC(=O)CSc1ccccc1Cl. The van der Waals surface area contributed by atoms with Crippen LogP contribution in [0.4, 0.5) is 5.69 Å². The molecular weight excluding hydrogens is 306 g/mol. The largest absolute Gasteiger partial charge is 0.389 e. The van der Waals surface area contributed by atoms with Crippen LogP contribution in [-0.2, 0) is 4.79 Å². The van der Waals surface area contributed by atoms with Crippen molar-refractivity contribution in [1.29, 1.82) is 0 Å². The number of halogens is 1. The summed E-state index contributed by atoms with van der Waals surface area (Å²) in [4.78, 5) is 12.9. The van der Waals surface area contributed by atoms with E-state index in [4.69, 9.17) is 11.6 Å². The number of para-hydroxylation sites is 1. The molecule has 0 aliphatic heterocycles. The Hall–Kier alpha value is -1.49. The number of aliphatic hydroxyl groups is 1. The lowest BCUT2D eigenvalue weighted by Crippen LogP contribution is -2.15. The van der Waals surface area contributed by atoms with Gasteiger partial charge in [0.1, 0.15) is 0 Å². The molecule has 0 saturated heterocycles. The third-order valence-corrected chi connectivity index (χ3v) is 4.40. The van der Waals surface area contributed by atoms with E-state index in [0.29, 0.717) is 16.3 Å². The number of hydrogen-bond donors (Lipinski definition) is 2. The highest BCUT2D eigenvalue weighted by Crippen LogP contribution is 2.27. The topological polar surface area (TPSA) is 49.3 Å². The van der Waals surface area contributed by atoms with E-state index in [1.165, 1.54) is 11.8 Å². The van der Waals surface area contributed by atoms with Gasteiger partial charge < -0.3 is 10.4 Å². The fourth-order valence-corrected chi connectivity index (χ4v) is 2.91. The van der Waals surface area contributed by atoms with E-state index < -0.39 is 6.10 Å². The maximum Gasteiger partial charge on any atom is 0.234 e. The summed E-state index contributed by atoms with van der Waals surface area (Å²) in [6.07, 6.45) is -0.627. The second kappa shape index (κ2) is 7.50. The molecule has 0 bridgehead atoms. The third-order valence-electron chi connectivity index (χ3n) is 2.88. The second-order valence-electron chi connectivity index (χ2n) is 4.53. The number of carbonyl (C=O) groups is 1. The Morgan fingerprint density at radius 2 is 1.90 bits per heavy atom. The first kappa shape index (κ1) is 15.9. The molecule has 1 amide bonds. The van der Waals surface area contributed by atoms with Gasteiger partial charge in [0.2, 0.25) is 5.91 Å². The predicted octanol–water partition coefficient (Wildman–Crippen LogP) is 4.12. The maximum absolute atomic E-state index is 12.0. The van der Waals surface area contributed by atoms with Gasteiger partial charge in [-0.25, -0.2) is 0 Å². The number of thioether (sulfide) groups is 1. The first-order chi connectivity index (χ1) is 10.1. The summed E-state index contributed by atoms with van der Waals surface area (Å²) in [6, 6.07) is 14.6. The molecule has 2 aromatic carbocycles. The van der Waals surface area contributed by atoms with Gasteiger partial charge in [-0.15, -0.1) is 11.8 Å². The van der Waals surface area contributed by atoms with Crippen molar-refractivity contribution >= 4 is 35.0 Å². The molecule has 0 aromatic heterocycles. The molecule has 2 N–H and O–H groups in total. The Labute approximate surface area is 133 Å². The van der Waals surface area contributed by atoms with Gasteiger partial charge in [-0.1, -0.05) is 41.9 Å². The summed E-state index contributed by atoms with van der Waals surface area (Å²) in [5.74, 6) is 0.130. The third kappa shape index (κ3) is 4.49. The lowest BCUT2D eigenvalue weighted by Gasteiger charge is -2.13. The molecule has 1 unspecified atom stereocenters. The standard InChI is InChI=1S/C16H16ClNO2S/c1-11(19)12-6-2-4-8-14(12)18-16(20)10-21-15-9-5-3-7-13(15)17/h2-9,11,19H,10H2,1H3,(H,18,20). The fraction of sp³-hybridized carbons (Fsp3) is 0.188. The van der Waals surface area contributed by atoms with Crippen molar-refractivity contribution in [2.24, 2.45) is 0 Å². The molecule has 0 aliphatic carbocycles. The zero-order valence-corrected chi connectivity index (χ0v) is 13.1. The lowest BCUT2D eigenvalue weighted by molar-refractivity contribution is -0.113. The van der Waals surface area contributed by atoms with E-state index in [9.17, 15) is 9.90 Å². The van der Waals surface area contributed by atoms with E-state index in [1.54, 1.807) is 25.1 Å². The van der Waals surface area contributed by atoms with Gasteiger partial charge in [-0.2, -0.15) is 0 Å². The van der Waals surface area contributed by atoms with Crippen LogP contribution in [0.2, 0.25) is 5.02 Å². The molecule has 21 heavy (non-hydrogen) atoms. The highest BCUT2D eigenvalue weighted by molar-refractivity contribution is 8.00. The Morgan fingerprint density at radius 3 is 2.62 bits per heavy atom. The van der Waals surface area contributed by atoms with Crippen molar-refractivity contribution in [3.63, 3.8) is 0 Å². The van der Waals surface area contributed by atoms with Crippen molar-refractivity contribution in [2.45, 2.75) is 17.9 Å². The smallest absolute Gasteiger partial charge is 0.234 e. The van der Waals surface area contributed by atoms with Gasteiger partial charge in [-0.3, -0.25) is 4.79 Å². The summed E-state index contributed by atoms with van der Waals surface area (Å²) in [7, 11) is 0. The van der Waals surface area contributed by atoms with E-state index >= 15 is 0 Å². The van der Waals surface area contributed by atoms with Crippen LogP contribution in [0.1, 0.15) is 18.6 Å². The maximum atomic E-state index is 12.0. The zero-order valence-electron chi connectivity index (χ0n) is 11.5. The van der Waals surface area contributed by atoms with Gasteiger partial charge in [0.05, 0.1) is 16.9 Å². The van der Waals surface area contributed by atoms with Crippen molar-refractivity contribution in [1.82, 2.24) is 0 Å². The number of amides is 1. The number of nitrogens with one attached hydrogen (secondary N) is 1. The number of aliphatic hydroxyl groups excluding tert-OH is 1. The number of benzene rings is 2. The number of hydrogen-bond acceptors (Lipinski definition) is 3. The van der Waals surface area contributed by atoms with Gasteiger partial charge in [-0.05, 0) is 25.1 Å². The monoisotopic (exact) mass is 321 g/mol. The highest BCUT2D eigenvalue weighted by Gasteiger charge is 2.11. The summed E-state index contributed by atoms with van der Waals surface area (Å²) in [5.41, 5.74) is 1.34. The van der Waals surface area contributed by atoms with Crippen LogP contribution in [0.5, 0.6) is 0 Å². The molecule has 0 saturated carbocycles. The number of carbonyl (C=O) groups excluding carboxylic acids is 1. The highest BCUT2D eigenvalue weighted by atomic mass is 35.5. The first-order valence-electron chi connectivity index (χ1n) is 6.52. The second-order valence-corrected chi connectivity index (χ2v) is 5.95. The Kier molecular flexibility index (Phi) is 5.67. The summed E-state index contributed by atoms with van der Waals surface area (Å²) < 4.78 is 0. The van der Waals surface area contributed by atoms with E-state index in [2.05, 4.69) is 5.32 Å². The number of rotatable bonds is 5. The number of anilines is 1. The van der Waals surface area contributed by atoms with Gasteiger partial charge in [0.25, 0.3) is 0 Å². The first-order valence-corrected chi connectivity index (χ1v) is 7.88. The molecule has 0 heterocycles. The molecule has 5 heteroatoms. The van der Waals surface area contributed by atoms with Crippen molar-refractivity contribution in [2.75, 3.05) is 11.1 Å². The molecular formula is C16H16ClNO2S. The molecule has 0 fully saturated rings. The Morgan fingerprint density at radius 1 is 1.24 bits per heavy atom. The molecule has 1 atom stereocenters. The molecule has 0 spiro atoms. The van der Waals surface area contributed by atoms with Crippen LogP contribution in [0, 0.1) is 0 Å². The van der Waals surface area contributed by atoms with Crippen molar-refractivity contribution < 1.29 is 9.90 Å². The minimum Gasteiger partial charge on any atom is -0.389 e. The van der Waals surface area contributed by atoms with Gasteiger partial charge >= 0.3 is 0 Å². The Bertz CT molecular complexity index is 631. The van der Waals surface area contributed by atoms with Gasteiger partial charge in [0.15, 0.2) is 0 Å². The van der Waals surface area contributed by atoms with Crippen LogP contribution >= 0.6 is 23.4 Å². The minimum absolute atomic E-state index is 0.131. The normalized spacial score (nSPS) is 12.0. The molecule has 2 rings (SSSR count). The van der Waals surface area contributed by atoms with Crippen LogP contribution < -0.4 is 5.32 Å². The van der Waals surface area contributed by atoms with E-state index in [-0.39, 0.29) is 11.7 Å². The zero-order chi connectivity index (χ0) is 15.2. The average Bonchev–Trinajstić information content (AvgIpc) is 2.47. The lowest BCUT2D eigenvalue weighted by atomic mass is 10.1. The summed E-state index contributed by atoms with van der Waals surface area (Å²) in [6.45, 7) is 1.67. The fourth-order valence-electron chi connectivity index (χ4n) is 1.87. The molecule has 0 aliphatic rings. The Balaban J connectivity index is 1.98. The average molecular weight is 322 g/mol.